The van der Waals surface area contributed by atoms with E-state index in [0.29, 0.717) is 12.1 Å². The van der Waals surface area contributed by atoms with Gasteiger partial charge in [0.1, 0.15) is 6.54 Å². The van der Waals surface area contributed by atoms with Crippen molar-refractivity contribution in [3.8, 4) is 0 Å². The number of nitrogens with zero attached hydrogens (tertiary/aromatic N) is 3. The van der Waals surface area contributed by atoms with Crippen LogP contribution < -0.4 is 15.5 Å². The number of carbonyl (C=O) groups excluding carboxylic acids is 1. The molecule has 1 atom stereocenters. The molecule has 0 aromatic heterocycles. The van der Waals surface area contributed by atoms with Gasteiger partial charge in [-0.1, -0.05) is 42.5 Å². The van der Waals surface area contributed by atoms with E-state index in [9.17, 15) is 4.79 Å². The van der Waals surface area contributed by atoms with Gasteiger partial charge in [0.15, 0.2) is 5.96 Å². The van der Waals surface area contributed by atoms with E-state index in [2.05, 4.69) is 75.1 Å². The number of nitrogens with one attached hydrogen (secondary N) is 2. The van der Waals surface area contributed by atoms with Crippen LogP contribution in [0.25, 0.3) is 0 Å². The fourth-order valence-corrected chi connectivity index (χ4v) is 4.55. The van der Waals surface area contributed by atoms with E-state index in [4.69, 9.17) is 0 Å². The van der Waals surface area contributed by atoms with Gasteiger partial charge in [0.2, 0.25) is 5.91 Å². The Morgan fingerprint density at radius 2 is 1.58 bits per heavy atom. The van der Waals surface area contributed by atoms with E-state index in [1.807, 2.05) is 0 Å². The second-order valence-corrected chi connectivity index (χ2v) is 9.05. The molecule has 6 nitrogen and oxygen atoms in total. The number of rotatable bonds is 5. The first-order valence-electron chi connectivity index (χ1n) is 11.7. The van der Waals surface area contributed by atoms with Crippen molar-refractivity contribution in [3.05, 3.63) is 65.7 Å². The Morgan fingerprint density at radius 1 is 0.939 bits per heavy atom. The third-order valence-corrected chi connectivity index (χ3v) is 6.52. The van der Waals surface area contributed by atoms with Crippen LogP contribution in [-0.4, -0.2) is 62.6 Å². The van der Waals surface area contributed by atoms with Gasteiger partial charge in [-0.2, -0.15) is 0 Å². The lowest BCUT2D eigenvalue weighted by molar-refractivity contribution is -0.127. The molecule has 1 aliphatic heterocycles. The highest BCUT2D eigenvalue weighted by Gasteiger charge is 2.23. The summed E-state index contributed by atoms with van der Waals surface area (Å²) in [6, 6.07) is 20.0. The molecule has 1 amide bonds. The van der Waals surface area contributed by atoms with Gasteiger partial charge in [-0.25, -0.2) is 4.99 Å². The smallest absolute Gasteiger partial charge is 0.243 e. The van der Waals surface area contributed by atoms with Crippen LogP contribution in [0.5, 0.6) is 0 Å². The lowest BCUT2D eigenvalue weighted by Gasteiger charge is -2.35. The molecule has 33 heavy (non-hydrogen) atoms. The number of halogens is 1. The number of para-hydroxylation sites is 1. The number of aryl methyl sites for hydroxylation is 1. The van der Waals surface area contributed by atoms with Crippen molar-refractivity contribution in [2.75, 3.05) is 38.6 Å². The summed E-state index contributed by atoms with van der Waals surface area (Å²) in [5.74, 6) is 0.779. The van der Waals surface area contributed by atoms with Crippen LogP contribution in [-0.2, 0) is 17.6 Å². The van der Waals surface area contributed by atoms with E-state index in [-0.39, 0.29) is 36.4 Å². The highest BCUT2D eigenvalue weighted by Crippen LogP contribution is 2.22. The predicted molar refractivity (Wildman–Crippen MR) is 147 cm³/mol. The van der Waals surface area contributed by atoms with Crippen LogP contribution in [0.1, 0.15) is 30.4 Å². The average molecular weight is 562 g/mol. The number of likely N-dealkylation sites (N-methyl/N-ethyl adjacent to an activating group) is 1. The summed E-state index contributed by atoms with van der Waals surface area (Å²) in [4.78, 5) is 20.8. The van der Waals surface area contributed by atoms with Gasteiger partial charge in [-0.05, 0) is 55.4 Å². The van der Waals surface area contributed by atoms with Crippen molar-refractivity contribution in [1.29, 1.82) is 0 Å². The Balaban J connectivity index is 0.00000306. The minimum Gasteiger partial charge on any atom is -0.371 e. The highest BCUT2D eigenvalue weighted by molar-refractivity contribution is 14.0. The fourth-order valence-electron chi connectivity index (χ4n) is 4.55. The summed E-state index contributed by atoms with van der Waals surface area (Å²) in [7, 11) is 3.55. The highest BCUT2D eigenvalue weighted by atomic mass is 127. The number of guanidine groups is 1. The number of fused-ring (bicyclic) bond motifs is 1. The number of amides is 1. The van der Waals surface area contributed by atoms with Crippen molar-refractivity contribution in [2.24, 2.45) is 4.99 Å². The van der Waals surface area contributed by atoms with Crippen LogP contribution in [0.2, 0.25) is 0 Å². The number of aliphatic imine (C=N–C) groups is 1. The number of benzene rings is 2. The lowest BCUT2D eigenvalue weighted by atomic mass is 9.88. The Hall–Kier alpha value is -2.29. The molecule has 0 bridgehead atoms. The van der Waals surface area contributed by atoms with Gasteiger partial charge in [0, 0.05) is 45.0 Å². The Labute approximate surface area is 214 Å². The molecule has 2 aromatic carbocycles. The second kappa shape index (κ2) is 12.3. The standard InChI is InChI=1S/C26H35N5O.HI/c1-30(2)25(32)19-27-26(29-23-13-12-20-8-6-7-9-21(20)18-23)28-22-14-16-31(17-15-22)24-10-4-3-5-11-24;/h3-11,22-23H,12-19H2,1-2H3,(H2,27,28,29);1H. The molecule has 4 rings (SSSR count). The molecule has 1 fully saturated rings. The third kappa shape index (κ3) is 7.09. The molecule has 1 heterocycles. The maximum atomic E-state index is 12.2. The van der Waals surface area contributed by atoms with Crippen LogP contribution >= 0.6 is 24.0 Å². The first-order chi connectivity index (χ1) is 15.6. The average Bonchev–Trinajstić information content (AvgIpc) is 2.83. The molecule has 0 spiro atoms. The van der Waals surface area contributed by atoms with Crippen molar-refractivity contribution in [1.82, 2.24) is 15.5 Å². The SMILES string of the molecule is CN(C)C(=O)CN=C(NC1CCN(c2ccccc2)CC1)NC1CCc2ccccc2C1.I. The molecule has 1 saturated heterocycles. The number of carbonyl (C=O) groups is 1. The topological polar surface area (TPSA) is 60.0 Å². The molecule has 1 aliphatic carbocycles. The van der Waals surface area contributed by atoms with Crippen LogP contribution in [0.15, 0.2) is 59.6 Å². The molecule has 0 saturated carbocycles. The zero-order chi connectivity index (χ0) is 22.3. The molecule has 178 valence electrons. The number of hydrogen-bond acceptors (Lipinski definition) is 3. The van der Waals surface area contributed by atoms with Crippen molar-refractivity contribution < 1.29 is 4.79 Å². The minimum atomic E-state index is 0. The zero-order valence-electron chi connectivity index (χ0n) is 19.7. The summed E-state index contributed by atoms with van der Waals surface area (Å²) >= 11 is 0. The van der Waals surface area contributed by atoms with E-state index in [1.54, 1.807) is 19.0 Å². The molecule has 2 aliphatic rings. The summed E-state index contributed by atoms with van der Waals surface area (Å²) in [5.41, 5.74) is 4.15. The minimum absolute atomic E-state index is 0. The molecular formula is C26H36IN5O. The van der Waals surface area contributed by atoms with Gasteiger partial charge in [0.05, 0.1) is 0 Å². The fraction of sp³-hybridized carbons (Fsp3) is 0.462. The van der Waals surface area contributed by atoms with Crippen molar-refractivity contribution in [3.63, 3.8) is 0 Å². The van der Waals surface area contributed by atoms with Gasteiger partial charge in [-0.3, -0.25) is 4.79 Å². The van der Waals surface area contributed by atoms with Crippen LogP contribution in [0.3, 0.4) is 0 Å². The Kier molecular flexibility index (Phi) is 9.41. The van der Waals surface area contributed by atoms with Gasteiger partial charge < -0.3 is 20.4 Å². The molecule has 2 aromatic rings. The van der Waals surface area contributed by atoms with Crippen LogP contribution in [0, 0.1) is 0 Å². The van der Waals surface area contributed by atoms with Gasteiger partial charge >= 0.3 is 0 Å². The molecule has 0 radical (unpaired) electrons. The summed E-state index contributed by atoms with van der Waals surface area (Å²) in [5, 5.41) is 7.27. The second-order valence-electron chi connectivity index (χ2n) is 9.05. The number of anilines is 1. The Bertz CT molecular complexity index is 925. The lowest BCUT2D eigenvalue weighted by Crippen LogP contribution is -2.52. The van der Waals surface area contributed by atoms with E-state index in [0.717, 1.165) is 51.2 Å². The van der Waals surface area contributed by atoms with Crippen molar-refractivity contribution in [2.45, 2.75) is 44.2 Å². The Morgan fingerprint density at radius 3 is 2.27 bits per heavy atom. The van der Waals surface area contributed by atoms with Gasteiger partial charge in [-0.15, -0.1) is 24.0 Å². The number of hydrogen-bond donors (Lipinski definition) is 2. The number of piperidine rings is 1. The molecular weight excluding hydrogens is 525 g/mol. The molecule has 7 heteroatoms. The van der Waals surface area contributed by atoms with Crippen LogP contribution in [0.4, 0.5) is 5.69 Å². The quantitative estimate of drug-likeness (QED) is 0.334. The van der Waals surface area contributed by atoms with E-state index >= 15 is 0 Å². The summed E-state index contributed by atoms with van der Waals surface area (Å²) in [6.45, 7) is 2.19. The summed E-state index contributed by atoms with van der Waals surface area (Å²) < 4.78 is 0. The predicted octanol–water partition coefficient (Wildman–Crippen LogP) is 3.45. The maximum Gasteiger partial charge on any atom is 0.243 e. The zero-order valence-corrected chi connectivity index (χ0v) is 22.0. The van der Waals surface area contributed by atoms with E-state index in [1.165, 1.54) is 16.8 Å². The normalized spacial score (nSPS) is 18.7. The summed E-state index contributed by atoms with van der Waals surface area (Å²) in [6.07, 6.45) is 5.24. The van der Waals surface area contributed by atoms with Crippen molar-refractivity contribution >= 4 is 41.5 Å². The van der Waals surface area contributed by atoms with Gasteiger partial charge in [0.25, 0.3) is 0 Å². The molecule has 1 unspecified atom stereocenters. The maximum absolute atomic E-state index is 12.2. The third-order valence-electron chi connectivity index (χ3n) is 6.52. The first kappa shape index (κ1) is 25.3. The first-order valence-corrected chi connectivity index (χ1v) is 11.7. The van der Waals surface area contributed by atoms with E-state index < -0.39 is 0 Å². The molecule has 2 N–H and O–H groups in total. The monoisotopic (exact) mass is 561 g/mol. The largest absolute Gasteiger partial charge is 0.371 e.